The average Bonchev–Trinajstić information content (AvgIpc) is 2.89. The summed E-state index contributed by atoms with van der Waals surface area (Å²) in [6, 6.07) is 0. The fourth-order valence-electron chi connectivity index (χ4n) is 2.39. The Balaban J connectivity index is 1.48. The Kier molecular flexibility index (Phi) is 2.56. The number of unbranched alkanes of at least 4 members (excludes halogenated alkanes) is 1. The molecule has 0 aromatic rings. The highest BCUT2D eigenvalue weighted by atomic mass is 16.4. The first-order valence-corrected chi connectivity index (χ1v) is 5.49. The molecular weight excluding hydrogens is 164 g/mol. The van der Waals surface area contributed by atoms with Gasteiger partial charge in [-0.15, -0.1) is 0 Å². The molecule has 2 aliphatic carbocycles. The number of hydrogen-bond donors (Lipinski definition) is 1. The van der Waals surface area contributed by atoms with Crippen LogP contribution in [0.3, 0.4) is 0 Å². The van der Waals surface area contributed by atoms with E-state index in [1.54, 1.807) is 0 Å². The predicted molar refractivity (Wildman–Crippen MR) is 50.4 cm³/mol. The minimum absolute atomic E-state index is 0.362. The minimum Gasteiger partial charge on any atom is -0.481 e. The fraction of sp³-hybridized carbons (Fsp3) is 0.909. The van der Waals surface area contributed by atoms with Crippen molar-refractivity contribution in [2.45, 2.75) is 44.9 Å². The maximum absolute atomic E-state index is 10.2. The number of carboxylic acids is 1. The van der Waals surface area contributed by atoms with E-state index in [0.717, 1.165) is 30.6 Å². The highest BCUT2D eigenvalue weighted by Gasteiger charge is 2.46. The van der Waals surface area contributed by atoms with E-state index < -0.39 is 5.97 Å². The zero-order chi connectivity index (χ0) is 9.26. The van der Waals surface area contributed by atoms with E-state index in [0.29, 0.717) is 6.42 Å². The lowest BCUT2D eigenvalue weighted by molar-refractivity contribution is -0.137. The molecule has 0 aliphatic heterocycles. The van der Waals surface area contributed by atoms with Crippen molar-refractivity contribution in [1.82, 2.24) is 0 Å². The van der Waals surface area contributed by atoms with Crippen molar-refractivity contribution in [2.75, 3.05) is 0 Å². The first-order valence-electron chi connectivity index (χ1n) is 5.49. The highest BCUT2D eigenvalue weighted by Crippen LogP contribution is 2.56. The second-order valence-corrected chi connectivity index (χ2v) is 4.64. The normalized spacial score (nSPS) is 31.7. The average molecular weight is 182 g/mol. The third-order valence-corrected chi connectivity index (χ3v) is 3.42. The summed E-state index contributed by atoms with van der Waals surface area (Å²) in [7, 11) is 0. The Morgan fingerprint density at radius 1 is 1.31 bits per heavy atom. The number of aliphatic carboxylic acids is 1. The fourth-order valence-corrected chi connectivity index (χ4v) is 2.39. The molecule has 0 aromatic heterocycles. The Morgan fingerprint density at radius 3 is 2.69 bits per heavy atom. The molecule has 2 heteroatoms. The Labute approximate surface area is 79.3 Å². The molecule has 0 saturated heterocycles. The quantitative estimate of drug-likeness (QED) is 0.641. The van der Waals surface area contributed by atoms with Crippen LogP contribution in [0.25, 0.3) is 0 Å². The molecule has 0 amide bonds. The molecule has 2 nitrogen and oxygen atoms in total. The van der Waals surface area contributed by atoms with Gasteiger partial charge in [0.1, 0.15) is 0 Å². The van der Waals surface area contributed by atoms with Crippen LogP contribution in [-0.2, 0) is 4.79 Å². The summed E-state index contributed by atoms with van der Waals surface area (Å²) in [5.41, 5.74) is 0. The van der Waals surface area contributed by atoms with Crippen LogP contribution in [0.4, 0.5) is 0 Å². The summed E-state index contributed by atoms with van der Waals surface area (Å²) in [5, 5.41) is 8.44. The molecule has 2 aliphatic rings. The van der Waals surface area contributed by atoms with Gasteiger partial charge in [0, 0.05) is 6.42 Å². The number of rotatable bonds is 6. The SMILES string of the molecule is O=C(O)CCCCC1CC1C1CC1. The Bertz CT molecular complexity index is 196. The van der Waals surface area contributed by atoms with E-state index in [4.69, 9.17) is 5.11 Å². The van der Waals surface area contributed by atoms with Crippen molar-refractivity contribution < 1.29 is 9.90 Å². The maximum Gasteiger partial charge on any atom is 0.303 e. The van der Waals surface area contributed by atoms with Gasteiger partial charge in [-0.1, -0.05) is 12.8 Å². The van der Waals surface area contributed by atoms with Crippen LogP contribution >= 0.6 is 0 Å². The van der Waals surface area contributed by atoms with E-state index in [1.807, 2.05) is 0 Å². The van der Waals surface area contributed by atoms with E-state index in [1.165, 1.54) is 25.7 Å². The molecular formula is C11H18O2. The van der Waals surface area contributed by atoms with Gasteiger partial charge in [0.05, 0.1) is 0 Å². The molecule has 0 aromatic carbocycles. The Morgan fingerprint density at radius 2 is 2.08 bits per heavy atom. The molecule has 0 bridgehead atoms. The second kappa shape index (κ2) is 3.69. The van der Waals surface area contributed by atoms with E-state index in [9.17, 15) is 4.79 Å². The lowest BCUT2D eigenvalue weighted by Crippen LogP contribution is -1.94. The van der Waals surface area contributed by atoms with Gasteiger partial charge in [0.2, 0.25) is 0 Å². The van der Waals surface area contributed by atoms with Gasteiger partial charge in [-0.2, -0.15) is 0 Å². The topological polar surface area (TPSA) is 37.3 Å². The minimum atomic E-state index is -0.644. The standard InChI is InChI=1S/C11H18O2/c12-11(13)4-2-1-3-9-7-10(9)8-5-6-8/h8-10H,1-7H2,(H,12,13). The number of carboxylic acid groups (broad SMARTS) is 1. The maximum atomic E-state index is 10.2. The smallest absolute Gasteiger partial charge is 0.303 e. The summed E-state index contributed by atoms with van der Waals surface area (Å²) >= 11 is 0. The Hall–Kier alpha value is -0.530. The first kappa shape index (κ1) is 9.04. The van der Waals surface area contributed by atoms with E-state index in [-0.39, 0.29) is 0 Å². The van der Waals surface area contributed by atoms with Crippen LogP contribution in [0.1, 0.15) is 44.9 Å². The third-order valence-electron chi connectivity index (χ3n) is 3.42. The molecule has 0 radical (unpaired) electrons. The van der Waals surface area contributed by atoms with Crippen LogP contribution < -0.4 is 0 Å². The summed E-state index contributed by atoms with van der Waals surface area (Å²) in [6.45, 7) is 0. The largest absolute Gasteiger partial charge is 0.481 e. The lowest BCUT2D eigenvalue weighted by Gasteiger charge is -1.97. The van der Waals surface area contributed by atoms with Gasteiger partial charge in [0.25, 0.3) is 0 Å². The van der Waals surface area contributed by atoms with Crippen LogP contribution in [0, 0.1) is 17.8 Å². The molecule has 2 rings (SSSR count). The van der Waals surface area contributed by atoms with Crippen LogP contribution in [-0.4, -0.2) is 11.1 Å². The molecule has 74 valence electrons. The van der Waals surface area contributed by atoms with Gasteiger partial charge in [0.15, 0.2) is 0 Å². The van der Waals surface area contributed by atoms with Gasteiger partial charge in [-0.05, 0) is 43.4 Å². The second-order valence-electron chi connectivity index (χ2n) is 4.64. The molecule has 2 unspecified atom stereocenters. The zero-order valence-electron chi connectivity index (χ0n) is 8.04. The highest BCUT2D eigenvalue weighted by molar-refractivity contribution is 5.66. The van der Waals surface area contributed by atoms with Gasteiger partial charge in [-0.3, -0.25) is 4.79 Å². The summed E-state index contributed by atoms with van der Waals surface area (Å²) in [4.78, 5) is 10.2. The van der Waals surface area contributed by atoms with Crippen molar-refractivity contribution in [3.8, 4) is 0 Å². The molecule has 1 N–H and O–H groups in total. The van der Waals surface area contributed by atoms with Crippen molar-refractivity contribution in [3.63, 3.8) is 0 Å². The van der Waals surface area contributed by atoms with Gasteiger partial charge < -0.3 is 5.11 Å². The van der Waals surface area contributed by atoms with Gasteiger partial charge in [-0.25, -0.2) is 0 Å². The number of hydrogen-bond acceptors (Lipinski definition) is 1. The van der Waals surface area contributed by atoms with Crippen molar-refractivity contribution >= 4 is 5.97 Å². The van der Waals surface area contributed by atoms with Crippen molar-refractivity contribution in [3.05, 3.63) is 0 Å². The molecule has 2 fully saturated rings. The van der Waals surface area contributed by atoms with E-state index >= 15 is 0 Å². The van der Waals surface area contributed by atoms with Crippen LogP contribution in [0.2, 0.25) is 0 Å². The lowest BCUT2D eigenvalue weighted by atomic mass is 10.1. The summed E-state index contributed by atoms with van der Waals surface area (Å²) < 4.78 is 0. The summed E-state index contributed by atoms with van der Waals surface area (Å²) in [5.74, 6) is 2.45. The number of carbonyl (C=O) groups is 1. The van der Waals surface area contributed by atoms with Gasteiger partial charge >= 0.3 is 5.97 Å². The molecule has 2 atom stereocenters. The summed E-state index contributed by atoms with van der Waals surface area (Å²) in [6.07, 6.45) is 8.03. The van der Waals surface area contributed by atoms with Crippen molar-refractivity contribution in [2.24, 2.45) is 17.8 Å². The zero-order valence-corrected chi connectivity index (χ0v) is 8.04. The van der Waals surface area contributed by atoms with E-state index in [2.05, 4.69) is 0 Å². The molecule has 0 spiro atoms. The molecule has 2 saturated carbocycles. The van der Waals surface area contributed by atoms with Crippen LogP contribution in [0.5, 0.6) is 0 Å². The van der Waals surface area contributed by atoms with Crippen molar-refractivity contribution in [1.29, 1.82) is 0 Å². The first-order chi connectivity index (χ1) is 6.27. The monoisotopic (exact) mass is 182 g/mol. The van der Waals surface area contributed by atoms with Crippen LogP contribution in [0.15, 0.2) is 0 Å². The molecule has 0 heterocycles. The molecule has 13 heavy (non-hydrogen) atoms. The predicted octanol–water partition coefficient (Wildman–Crippen LogP) is 2.68. The third kappa shape index (κ3) is 2.71.